The standard InChI is InChI=1S/C28H31N5O2/c1-19-9-11-22(12-10-19)18-31-13-15-32(16-14-31)25(34)17-24-20(2)29-27-26(23-7-5-4-6-8-23)21(3)30-33(27)28(24)35/h4-12,30H,13-18H2,1-3H3. The molecule has 5 rings (SSSR count). The highest BCUT2D eigenvalue weighted by atomic mass is 16.2. The van der Waals surface area contributed by atoms with Crippen molar-refractivity contribution >= 4 is 11.6 Å². The van der Waals surface area contributed by atoms with Crippen molar-refractivity contribution in [2.24, 2.45) is 0 Å². The number of benzene rings is 2. The summed E-state index contributed by atoms with van der Waals surface area (Å²) < 4.78 is 1.48. The second kappa shape index (κ2) is 9.50. The molecule has 0 bridgehead atoms. The highest BCUT2D eigenvalue weighted by Crippen LogP contribution is 2.26. The van der Waals surface area contributed by atoms with Crippen LogP contribution in [-0.4, -0.2) is 56.5 Å². The highest BCUT2D eigenvalue weighted by Gasteiger charge is 2.24. The number of aromatic amines is 1. The lowest BCUT2D eigenvalue weighted by atomic mass is 10.1. The molecule has 0 unspecified atom stereocenters. The van der Waals surface area contributed by atoms with E-state index in [1.165, 1.54) is 15.6 Å². The summed E-state index contributed by atoms with van der Waals surface area (Å²) in [5.41, 5.74) is 6.78. The van der Waals surface area contributed by atoms with E-state index in [4.69, 9.17) is 4.98 Å². The Morgan fingerprint density at radius 1 is 0.943 bits per heavy atom. The van der Waals surface area contributed by atoms with Gasteiger partial charge in [0.1, 0.15) is 0 Å². The third-order valence-electron chi connectivity index (χ3n) is 6.90. The third-order valence-corrected chi connectivity index (χ3v) is 6.90. The largest absolute Gasteiger partial charge is 0.340 e. The zero-order chi connectivity index (χ0) is 24.5. The topological polar surface area (TPSA) is 73.7 Å². The van der Waals surface area contributed by atoms with Crippen LogP contribution in [0, 0.1) is 20.8 Å². The first kappa shape index (κ1) is 23.1. The van der Waals surface area contributed by atoms with E-state index in [-0.39, 0.29) is 17.9 Å². The van der Waals surface area contributed by atoms with Gasteiger partial charge in [-0.3, -0.25) is 19.6 Å². The lowest BCUT2D eigenvalue weighted by Gasteiger charge is -2.34. The summed E-state index contributed by atoms with van der Waals surface area (Å²) in [5.74, 6) is -0.0199. The zero-order valence-electron chi connectivity index (χ0n) is 20.5. The van der Waals surface area contributed by atoms with Crippen molar-refractivity contribution in [3.63, 3.8) is 0 Å². The fourth-order valence-electron chi connectivity index (χ4n) is 4.85. The Balaban J connectivity index is 1.30. The quantitative estimate of drug-likeness (QED) is 0.486. The Hall–Kier alpha value is -3.71. The molecule has 2 aromatic heterocycles. The van der Waals surface area contributed by atoms with E-state index >= 15 is 0 Å². The van der Waals surface area contributed by atoms with Crippen molar-refractivity contribution in [3.05, 3.63) is 93.0 Å². The number of piperazine rings is 1. The Kier molecular flexibility index (Phi) is 6.26. The van der Waals surface area contributed by atoms with Crippen LogP contribution >= 0.6 is 0 Å². The highest BCUT2D eigenvalue weighted by molar-refractivity contribution is 5.81. The summed E-state index contributed by atoms with van der Waals surface area (Å²) in [5, 5.41) is 3.16. The molecule has 7 heteroatoms. The maximum Gasteiger partial charge on any atom is 0.276 e. The molecule has 1 saturated heterocycles. The summed E-state index contributed by atoms with van der Waals surface area (Å²) in [7, 11) is 0. The van der Waals surface area contributed by atoms with Crippen LogP contribution in [0.4, 0.5) is 0 Å². The van der Waals surface area contributed by atoms with Gasteiger partial charge in [0.2, 0.25) is 5.91 Å². The van der Waals surface area contributed by atoms with Gasteiger partial charge >= 0.3 is 0 Å². The minimum absolute atomic E-state index is 0.0199. The van der Waals surface area contributed by atoms with Gasteiger partial charge in [-0.25, -0.2) is 9.50 Å². The van der Waals surface area contributed by atoms with Crippen molar-refractivity contribution in [1.29, 1.82) is 0 Å². The van der Waals surface area contributed by atoms with Gasteiger partial charge in [-0.2, -0.15) is 0 Å². The monoisotopic (exact) mass is 469 g/mol. The minimum atomic E-state index is -0.205. The molecule has 35 heavy (non-hydrogen) atoms. The number of hydrogen-bond acceptors (Lipinski definition) is 4. The lowest BCUT2D eigenvalue weighted by Crippen LogP contribution is -2.49. The lowest BCUT2D eigenvalue weighted by molar-refractivity contribution is -0.132. The average Bonchev–Trinajstić information content (AvgIpc) is 3.20. The van der Waals surface area contributed by atoms with Crippen LogP contribution in [0.15, 0.2) is 59.4 Å². The van der Waals surface area contributed by atoms with Crippen molar-refractivity contribution in [2.75, 3.05) is 26.2 Å². The van der Waals surface area contributed by atoms with Crippen molar-refractivity contribution in [2.45, 2.75) is 33.7 Å². The van der Waals surface area contributed by atoms with Gasteiger partial charge in [-0.1, -0.05) is 60.2 Å². The van der Waals surface area contributed by atoms with Crippen LogP contribution in [0.2, 0.25) is 0 Å². The van der Waals surface area contributed by atoms with Crippen molar-refractivity contribution in [3.8, 4) is 11.1 Å². The van der Waals surface area contributed by atoms with E-state index in [2.05, 4.69) is 41.2 Å². The molecule has 2 aromatic carbocycles. The number of aryl methyl sites for hydroxylation is 3. The number of aromatic nitrogens is 3. The summed E-state index contributed by atoms with van der Waals surface area (Å²) >= 11 is 0. The molecule has 0 aliphatic carbocycles. The fourth-order valence-corrected chi connectivity index (χ4v) is 4.85. The predicted molar refractivity (Wildman–Crippen MR) is 137 cm³/mol. The molecule has 1 N–H and O–H groups in total. The first-order valence-electron chi connectivity index (χ1n) is 12.1. The maximum atomic E-state index is 13.4. The van der Waals surface area contributed by atoms with Gasteiger partial charge in [-0.05, 0) is 31.9 Å². The number of nitrogens with one attached hydrogen (secondary N) is 1. The van der Waals surface area contributed by atoms with Crippen LogP contribution in [-0.2, 0) is 17.8 Å². The molecule has 0 atom stereocenters. The van der Waals surface area contributed by atoms with Crippen LogP contribution in [0.25, 0.3) is 16.8 Å². The molecule has 7 nitrogen and oxygen atoms in total. The summed E-state index contributed by atoms with van der Waals surface area (Å²) in [6.45, 7) is 9.72. The van der Waals surface area contributed by atoms with E-state index in [1.54, 1.807) is 0 Å². The molecular formula is C28H31N5O2. The van der Waals surface area contributed by atoms with Gasteiger partial charge in [0, 0.05) is 55.2 Å². The van der Waals surface area contributed by atoms with Crippen LogP contribution in [0.1, 0.15) is 28.1 Å². The number of H-pyrrole nitrogens is 1. The van der Waals surface area contributed by atoms with Crippen molar-refractivity contribution < 1.29 is 4.79 Å². The number of carbonyl (C=O) groups is 1. The number of hydrogen-bond donors (Lipinski definition) is 1. The molecule has 1 amide bonds. The van der Waals surface area contributed by atoms with E-state index in [9.17, 15) is 9.59 Å². The summed E-state index contributed by atoms with van der Waals surface area (Å²) in [4.78, 5) is 35.5. The van der Waals surface area contributed by atoms with Gasteiger partial charge in [0.15, 0.2) is 5.65 Å². The van der Waals surface area contributed by atoms with E-state index in [1.807, 2.05) is 49.1 Å². The Morgan fingerprint density at radius 3 is 2.31 bits per heavy atom. The Labute approximate surface area is 205 Å². The number of nitrogens with zero attached hydrogens (tertiary/aromatic N) is 4. The molecule has 0 saturated carbocycles. The average molecular weight is 470 g/mol. The number of carbonyl (C=O) groups excluding carboxylic acids is 1. The van der Waals surface area contributed by atoms with E-state index in [0.29, 0.717) is 30.0 Å². The number of amides is 1. The van der Waals surface area contributed by atoms with Gasteiger partial charge < -0.3 is 4.90 Å². The molecule has 1 aliphatic heterocycles. The maximum absolute atomic E-state index is 13.4. The smallest absolute Gasteiger partial charge is 0.276 e. The van der Waals surface area contributed by atoms with Gasteiger partial charge in [0.05, 0.1) is 6.42 Å². The Bertz CT molecular complexity index is 1410. The normalized spacial score (nSPS) is 14.5. The molecule has 3 heterocycles. The predicted octanol–water partition coefficient (Wildman–Crippen LogP) is 3.50. The summed E-state index contributed by atoms with van der Waals surface area (Å²) in [6.07, 6.45) is 0.0668. The zero-order valence-corrected chi connectivity index (χ0v) is 20.5. The second-order valence-corrected chi connectivity index (χ2v) is 9.44. The van der Waals surface area contributed by atoms with Gasteiger partial charge in [-0.15, -0.1) is 0 Å². The van der Waals surface area contributed by atoms with Gasteiger partial charge in [0.25, 0.3) is 5.56 Å². The molecule has 0 radical (unpaired) electrons. The van der Waals surface area contributed by atoms with Crippen LogP contribution in [0.5, 0.6) is 0 Å². The molecule has 180 valence electrons. The Morgan fingerprint density at radius 2 is 1.63 bits per heavy atom. The molecular weight excluding hydrogens is 438 g/mol. The fraction of sp³-hybridized carbons (Fsp3) is 0.321. The second-order valence-electron chi connectivity index (χ2n) is 9.44. The number of rotatable bonds is 5. The molecule has 4 aromatic rings. The summed E-state index contributed by atoms with van der Waals surface area (Å²) in [6, 6.07) is 18.5. The third kappa shape index (κ3) is 4.64. The molecule has 0 spiro atoms. The SMILES string of the molecule is Cc1ccc(CN2CCN(C(=O)Cc3c(C)nc4c(-c5ccccc5)c(C)[nH]n4c3=O)CC2)cc1. The first-order valence-corrected chi connectivity index (χ1v) is 12.1. The molecule has 1 aliphatic rings. The minimum Gasteiger partial charge on any atom is -0.340 e. The molecule has 1 fully saturated rings. The van der Waals surface area contributed by atoms with Crippen molar-refractivity contribution in [1.82, 2.24) is 24.4 Å². The number of fused-ring (bicyclic) bond motifs is 1. The van der Waals surface area contributed by atoms with E-state index in [0.717, 1.165) is 36.5 Å². The van der Waals surface area contributed by atoms with Crippen LogP contribution < -0.4 is 5.56 Å². The van der Waals surface area contributed by atoms with Crippen LogP contribution in [0.3, 0.4) is 0 Å². The van der Waals surface area contributed by atoms with E-state index < -0.39 is 0 Å². The first-order chi connectivity index (χ1) is 16.9.